The van der Waals surface area contributed by atoms with Crippen LogP contribution in [-0.4, -0.2) is 9.55 Å². The van der Waals surface area contributed by atoms with Gasteiger partial charge in [0, 0.05) is 7.05 Å². The summed E-state index contributed by atoms with van der Waals surface area (Å²) >= 11 is 0. The Kier molecular flexibility index (Phi) is 2.76. The number of halogens is 1. The number of nitrogens with zero attached hydrogens (tertiary/aromatic N) is 3. The molecule has 0 radical (unpaired) electrons. The molecule has 3 rings (SSSR count). The van der Waals surface area contributed by atoms with Gasteiger partial charge in [-0.15, -0.1) is 0 Å². The van der Waals surface area contributed by atoms with E-state index >= 15 is 0 Å². The van der Waals surface area contributed by atoms with Crippen LogP contribution in [0.3, 0.4) is 0 Å². The highest BCUT2D eigenvalue weighted by atomic mass is 19.1. The van der Waals surface area contributed by atoms with Crippen LogP contribution >= 0.6 is 0 Å². The largest absolute Gasteiger partial charge is 0.327 e. The third-order valence-electron chi connectivity index (χ3n) is 3.38. The minimum Gasteiger partial charge on any atom is -0.327 e. The summed E-state index contributed by atoms with van der Waals surface area (Å²) in [6.07, 6.45) is 0. The molecule has 0 bridgehead atoms. The van der Waals surface area contributed by atoms with Gasteiger partial charge >= 0.3 is 0 Å². The van der Waals surface area contributed by atoms with Gasteiger partial charge in [0.15, 0.2) is 0 Å². The van der Waals surface area contributed by atoms with Crippen molar-refractivity contribution < 1.29 is 4.39 Å². The molecule has 0 N–H and O–H groups in total. The number of benzene rings is 2. The number of hydrogen-bond donors (Lipinski definition) is 0. The summed E-state index contributed by atoms with van der Waals surface area (Å²) in [7, 11) is 1.82. The molecule has 0 spiro atoms. The number of imidazole rings is 1. The lowest BCUT2D eigenvalue weighted by molar-refractivity contribution is 0.628. The highest BCUT2D eigenvalue weighted by molar-refractivity contribution is 5.82. The number of nitriles is 1. The van der Waals surface area contributed by atoms with Crippen molar-refractivity contribution in [1.82, 2.24) is 9.55 Å². The van der Waals surface area contributed by atoms with Crippen LogP contribution in [0.5, 0.6) is 0 Å². The van der Waals surface area contributed by atoms with E-state index in [4.69, 9.17) is 5.26 Å². The zero-order chi connectivity index (χ0) is 14.3. The predicted molar refractivity (Wildman–Crippen MR) is 75.6 cm³/mol. The zero-order valence-corrected chi connectivity index (χ0v) is 11.2. The fourth-order valence-corrected chi connectivity index (χ4v) is 2.30. The molecule has 2 aromatic carbocycles. The smallest absolute Gasteiger partial charge is 0.143 e. The maximum atomic E-state index is 14.1. The predicted octanol–water partition coefficient (Wildman–Crippen LogP) is 3.56. The van der Waals surface area contributed by atoms with Gasteiger partial charge in [-0.3, -0.25) is 0 Å². The van der Waals surface area contributed by atoms with Gasteiger partial charge in [-0.05, 0) is 42.8 Å². The van der Waals surface area contributed by atoms with Crippen LogP contribution in [0.25, 0.3) is 22.4 Å². The second kappa shape index (κ2) is 4.46. The third kappa shape index (κ3) is 1.84. The summed E-state index contributed by atoms with van der Waals surface area (Å²) < 4.78 is 15.9. The van der Waals surface area contributed by atoms with Crippen molar-refractivity contribution in [3.63, 3.8) is 0 Å². The van der Waals surface area contributed by atoms with Gasteiger partial charge in [-0.1, -0.05) is 6.07 Å². The molecule has 3 aromatic rings. The Hall–Kier alpha value is -2.67. The Bertz CT molecular complexity index is 856. The zero-order valence-electron chi connectivity index (χ0n) is 11.2. The first-order chi connectivity index (χ1) is 9.60. The molecule has 4 heteroatoms. The average molecular weight is 265 g/mol. The molecule has 0 fully saturated rings. The maximum Gasteiger partial charge on any atom is 0.143 e. The monoisotopic (exact) mass is 265 g/mol. The fourth-order valence-electron chi connectivity index (χ4n) is 2.30. The molecule has 0 amide bonds. The van der Waals surface area contributed by atoms with Crippen LogP contribution in [0.1, 0.15) is 11.1 Å². The van der Waals surface area contributed by atoms with Crippen molar-refractivity contribution in [2.24, 2.45) is 7.05 Å². The molecule has 0 saturated carbocycles. The summed E-state index contributed by atoms with van der Waals surface area (Å²) in [5.74, 6) is 0.275. The van der Waals surface area contributed by atoms with E-state index in [1.165, 1.54) is 6.07 Å². The van der Waals surface area contributed by atoms with Crippen molar-refractivity contribution >= 4 is 11.0 Å². The van der Waals surface area contributed by atoms with Crippen molar-refractivity contribution in [2.45, 2.75) is 6.92 Å². The first-order valence-corrected chi connectivity index (χ1v) is 6.23. The van der Waals surface area contributed by atoms with Crippen LogP contribution in [0, 0.1) is 24.1 Å². The van der Waals surface area contributed by atoms with E-state index in [1.54, 1.807) is 24.3 Å². The van der Waals surface area contributed by atoms with Crippen molar-refractivity contribution in [1.29, 1.82) is 5.26 Å². The molecule has 98 valence electrons. The second-order valence-corrected chi connectivity index (χ2v) is 4.79. The minimum atomic E-state index is -0.288. The van der Waals surface area contributed by atoms with Gasteiger partial charge < -0.3 is 4.57 Å². The summed E-state index contributed by atoms with van der Waals surface area (Å²) in [5.41, 5.74) is 3.47. The quantitative estimate of drug-likeness (QED) is 0.675. The lowest BCUT2D eigenvalue weighted by atomic mass is 10.1. The molecule has 0 saturated heterocycles. The van der Waals surface area contributed by atoms with Crippen molar-refractivity contribution in [2.75, 3.05) is 0 Å². The molecule has 0 aliphatic heterocycles. The SMILES string of the molecule is Cc1ccc(-c2nc3ccc(C#N)cc3n2C)c(F)c1. The number of rotatable bonds is 1. The van der Waals surface area contributed by atoms with E-state index < -0.39 is 0 Å². The first-order valence-electron chi connectivity index (χ1n) is 6.23. The number of fused-ring (bicyclic) bond motifs is 1. The molecule has 0 aliphatic carbocycles. The van der Waals surface area contributed by atoms with E-state index in [0.29, 0.717) is 17.0 Å². The number of aryl methyl sites for hydroxylation is 2. The summed E-state index contributed by atoms with van der Waals surface area (Å²) in [4.78, 5) is 4.46. The van der Waals surface area contributed by atoms with Gasteiger partial charge in [-0.2, -0.15) is 5.26 Å². The lowest BCUT2D eigenvalue weighted by Crippen LogP contribution is -1.95. The first kappa shape index (κ1) is 12.4. The Morgan fingerprint density at radius 2 is 2.00 bits per heavy atom. The van der Waals surface area contributed by atoms with Crippen LogP contribution in [0.2, 0.25) is 0 Å². The lowest BCUT2D eigenvalue weighted by Gasteiger charge is -2.04. The van der Waals surface area contributed by atoms with Gasteiger partial charge in [0.2, 0.25) is 0 Å². The van der Waals surface area contributed by atoms with Crippen LogP contribution in [0.4, 0.5) is 4.39 Å². The molecular formula is C16H12FN3. The molecule has 1 heterocycles. The van der Waals surface area contributed by atoms with Crippen LogP contribution < -0.4 is 0 Å². The normalized spacial score (nSPS) is 10.7. The highest BCUT2D eigenvalue weighted by Crippen LogP contribution is 2.26. The molecule has 3 nitrogen and oxygen atoms in total. The van der Waals surface area contributed by atoms with Crippen molar-refractivity contribution in [3.05, 3.63) is 53.3 Å². The molecule has 20 heavy (non-hydrogen) atoms. The summed E-state index contributed by atoms with van der Waals surface area (Å²) in [5, 5.41) is 8.95. The van der Waals surface area contributed by atoms with Gasteiger partial charge in [-0.25, -0.2) is 9.37 Å². The van der Waals surface area contributed by atoms with E-state index in [1.807, 2.05) is 24.6 Å². The molecule has 0 unspecified atom stereocenters. The van der Waals surface area contributed by atoms with E-state index in [9.17, 15) is 4.39 Å². The van der Waals surface area contributed by atoms with Gasteiger partial charge in [0.05, 0.1) is 28.2 Å². The van der Waals surface area contributed by atoms with Crippen LogP contribution in [0.15, 0.2) is 36.4 Å². The molecular weight excluding hydrogens is 253 g/mol. The highest BCUT2D eigenvalue weighted by Gasteiger charge is 2.14. The van der Waals surface area contributed by atoms with E-state index in [2.05, 4.69) is 11.1 Å². The Labute approximate surface area is 115 Å². The molecule has 1 aromatic heterocycles. The Morgan fingerprint density at radius 3 is 2.70 bits per heavy atom. The minimum absolute atomic E-state index is 0.288. The number of aromatic nitrogens is 2. The van der Waals surface area contributed by atoms with E-state index in [-0.39, 0.29) is 5.82 Å². The maximum absolute atomic E-state index is 14.1. The van der Waals surface area contributed by atoms with Gasteiger partial charge in [0.1, 0.15) is 11.6 Å². The standard InChI is InChI=1S/C16H12FN3/c1-10-3-5-12(13(17)7-10)16-19-14-6-4-11(9-18)8-15(14)20(16)2/h3-8H,1-2H3. The Balaban J connectivity index is 2.27. The summed E-state index contributed by atoms with van der Waals surface area (Å²) in [6, 6.07) is 12.4. The summed E-state index contributed by atoms with van der Waals surface area (Å²) in [6.45, 7) is 1.85. The topological polar surface area (TPSA) is 41.6 Å². The second-order valence-electron chi connectivity index (χ2n) is 4.79. The number of hydrogen-bond acceptors (Lipinski definition) is 2. The average Bonchev–Trinajstić information content (AvgIpc) is 2.76. The molecule has 0 aliphatic rings. The van der Waals surface area contributed by atoms with Crippen molar-refractivity contribution in [3.8, 4) is 17.5 Å². The fraction of sp³-hybridized carbons (Fsp3) is 0.125. The van der Waals surface area contributed by atoms with E-state index in [0.717, 1.165) is 16.6 Å². The molecule has 0 atom stereocenters. The Morgan fingerprint density at radius 1 is 1.20 bits per heavy atom. The van der Waals surface area contributed by atoms with Gasteiger partial charge in [0.25, 0.3) is 0 Å². The van der Waals surface area contributed by atoms with Crippen LogP contribution in [-0.2, 0) is 7.05 Å². The third-order valence-corrected chi connectivity index (χ3v) is 3.38.